The van der Waals surface area contributed by atoms with E-state index in [1.807, 2.05) is 0 Å². The molecule has 0 aromatic heterocycles. The second-order valence-corrected chi connectivity index (χ2v) is 15.0. The minimum Gasteiger partial charge on any atom is -0.356 e. The molecule has 1 unspecified atom stereocenters. The lowest BCUT2D eigenvalue weighted by molar-refractivity contribution is -0.131. The molecule has 0 aliphatic heterocycles. The molecule has 328 valence electrons. The van der Waals surface area contributed by atoms with Gasteiger partial charge < -0.3 is 43.4 Å². The smallest absolute Gasteiger partial charge is 0.243 e. The van der Waals surface area contributed by atoms with Crippen molar-refractivity contribution in [2.75, 3.05) is 50.8 Å². The molecule has 1 saturated carbocycles. The number of thiol groups is 1. The summed E-state index contributed by atoms with van der Waals surface area (Å²) in [5, 5.41) is 15.5. The van der Waals surface area contributed by atoms with Gasteiger partial charge >= 0.3 is 0 Å². The third kappa shape index (κ3) is 27.5. The summed E-state index contributed by atoms with van der Waals surface area (Å²) >= 11 is 5.62. The van der Waals surface area contributed by atoms with Crippen molar-refractivity contribution in [2.24, 2.45) is 11.5 Å². The maximum Gasteiger partial charge on any atom is 0.243 e. The third-order valence-corrected chi connectivity index (χ3v) is 9.77. The first-order valence-electron chi connectivity index (χ1n) is 19.8. The maximum atomic E-state index is 12.2. The van der Waals surface area contributed by atoms with Crippen LogP contribution in [0.25, 0.3) is 0 Å². The molecule has 0 spiro atoms. The Morgan fingerprint density at radius 3 is 1.50 bits per heavy atom. The summed E-state index contributed by atoms with van der Waals surface area (Å²) in [6.45, 7) is 5.65. The van der Waals surface area contributed by atoms with Crippen LogP contribution in [0.1, 0.15) is 97.3 Å². The van der Waals surface area contributed by atoms with E-state index < -0.39 is 18.0 Å². The van der Waals surface area contributed by atoms with Crippen molar-refractivity contribution >= 4 is 83.0 Å². The summed E-state index contributed by atoms with van der Waals surface area (Å²) in [5.74, 6) is -0.466. The Morgan fingerprint density at radius 2 is 1.14 bits per heavy atom. The van der Waals surface area contributed by atoms with E-state index in [4.69, 9.17) is 11.5 Å². The van der Waals surface area contributed by atoms with Crippen LogP contribution in [0.4, 0.5) is 0 Å². The van der Waals surface area contributed by atoms with E-state index in [9.17, 15) is 47.9 Å². The van der Waals surface area contributed by atoms with Crippen LogP contribution in [-0.2, 0) is 47.9 Å². The summed E-state index contributed by atoms with van der Waals surface area (Å²) in [6.07, 6.45) is 8.38. The van der Waals surface area contributed by atoms with Crippen LogP contribution in [0.3, 0.4) is 0 Å². The molecular weight excluding hydrogens is 793 g/mol. The zero-order chi connectivity index (χ0) is 43.7. The molecule has 1 fully saturated rings. The Labute approximate surface area is 350 Å². The molecule has 2 rings (SSSR count). The van der Waals surface area contributed by atoms with Crippen molar-refractivity contribution in [2.45, 2.75) is 115 Å². The Hall–Kier alpha value is -4.14. The van der Waals surface area contributed by atoms with Crippen molar-refractivity contribution < 1.29 is 47.9 Å². The predicted octanol–water partition coefficient (Wildman–Crippen LogP) is -0.686. The third-order valence-electron chi connectivity index (χ3n) is 8.09. The van der Waals surface area contributed by atoms with Crippen molar-refractivity contribution in [3.63, 3.8) is 0 Å². The zero-order valence-corrected chi connectivity index (χ0v) is 35.5. The number of Topliss-reactive ketones (excluding diaryl/α,β-unsaturated/α-hetero) is 2. The van der Waals surface area contributed by atoms with Gasteiger partial charge in [0, 0.05) is 58.5 Å². The Morgan fingerprint density at radius 1 is 0.672 bits per heavy atom. The lowest BCUT2D eigenvalue weighted by Gasteiger charge is -2.18. The normalized spacial score (nSPS) is 15.2. The first kappa shape index (κ1) is 53.9. The number of carbonyl (C=O) groups is 10. The number of carbonyl (C=O) groups excluding carboxylic acids is 10. The average Bonchev–Trinajstić information content (AvgIpc) is 3.72. The van der Waals surface area contributed by atoms with Gasteiger partial charge in [-0.25, -0.2) is 0 Å². The minimum absolute atomic E-state index is 0.0156. The van der Waals surface area contributed by atoms with Crippen LogP contribution in [0.15, 0.2) is 12.2 Å². The number of ketones is 4. The van der Waals surface area contributed by atoms with Gasteiger partial charge in [0.15, 0.2) is 17.3 Å². The van der Waals surface area contributed by atoms with Gasteiger partial charge in [-0.05, 0) is 63.2 Å². The lowest BCUT2D eigenvalue weighted by atomic mass is 10.1. The van der Waals surface area contributed by atoms with Crippen molar-refractivity contribution in [3.8, 4) is 0 Å². The molecule has 0 saturated heterocycles. The number of rotatable bonds is 26. The first-order valence-corrected chi connectivity index (χ1v) is 21.5. The number of thioether (sulfide) groups is 1. The highest BCUT2D eigenvalue weighted by Crippen LogP contribution is 2.25. The van der Waals surface area contributed by atoms with E-state index in [0.717, 1.165) is 43.6 Å². The monoisotopic (exact) mass is 856 g/mol. The fourth-order valence-electron chi connectivity index (χ4n) is 5.19. The molecule has 3 atom stereocenters. The number of amides is 6. The zero-order valence-electron chi connectivity index (χ0n) is 33.8. The first-order chi connectivity index (χ1) is 27.7. The van der Waals surface area contributed by atoms with Gasteiger partial charge in [-0.15, -0.1) is 0 Å². The highest BCUT2D eigenvalue weighted by Gasteiger charge is 2.31. The molecule has 2 aliphatic rings. The summed E-state index contributed by atoms with van der Waals surface area (Å²) in [7, 11) is 0. The van der Waals surface area contributed by atoms with Crippen LogP contribution in [0.2, 0.25) is 0 Å². The molecule has 0 radical (unpaired) electrons. The molecule has 0 aromatic rings. The van der Waals surface area contributed by atoms with Crippen molar-refractivity contribution in [1.29, 1.82) is 0 Å². The van der Waals surface area contributed by atoms with E-state index in [1.54, 1.807) is 13.8 Å². The number of hydrogen-bond acceptors (Lipinski definition) is 14. The van der Waals surface area contributed by atoms with Crippen LogP contribution >= 0.6 is 24.4 Å². The molecule has 0 aromatic carbocycles. The summed E-state index contributed by atoms with van der Waals surface area (Å²) in [4.78, 5) is 115. The Balaban J connectivity index is 0.000000981. The number of allylic oxidation sites excluding steroid dienone is 2. The van der Waals surface area contributed by atoms with Crippen LogP contribution < -0.4 is 43.4 Å². The van der Waals surface area contributed by atoms with Gasteiger partial charge in [0.2, 0.25) is 35.4 Å². The topological polar surface area (TPSA) is 295 Å². The number of hydrogen-bond donors (Lipinski definition) is 9. The molecule has 2 aliphatic carbocycles. The molecule has 0 heterocycles. The molecule has 20 heteroatoms. The van der Waals surface area contributed by atoms with Gasteiger partial charge in [0.05, 0.1) is 30.9 Å². The van der Waals surface area contributed by atoms with Gasteiger partial charge in [-0.2, -0.15) is 24.4 Å². The fourth-order valence-corrected chi connectivity index (χ4v) is 6.64. The summed E-state index contributed by atoms with van der Waals surface area (Å²) in [6, 6.07) is -1.79. The Bertz CT molecular complexity index is 1380. The van der Waals surface area contributed by atoms with Crippen LogP contribution in [-0.4, -0.2) is 127 Å². The van der Waals surface area contributed by atoms with E-state index in [0.29, 0.717) is 45.4 Å². The van der Waals surface area contributed by atoms with Gasteiger partial charge in [-0.1, -0.05) is 12.8 Å². The number of nitrogens with one attached hydrogen (secondary N) is 6. The SMILES string of the molecule is CCNC(=O)C[C@H](NC(=O)CCCCCS)C(=O)NCCN.CCNC(=O)C[C@H](NC(=O)CCCCCSC1CC(=O)CC1=O)C(=O)NCCN.O=C1C=CC(=O)C1. The van der Waals surface area contributed by atoms with E-state index >= 15 is 0 Å². The number of unbranched alkanes of at least 4 members (excludes halogenated alkanes) is 4. The second kappa shape index (κ2) is 33.8. The highest BCUT2D eigenvalue weighted by molar-refractivity contribution is 8.00. The fraction of sp³-hybridized carbons (Fsp3) is 0.684. The molecule has 6 amide bonds. The van der Waals surface area contributed by atoms with Gasteiger partial charge in [-0.3, -0.25) is 47.9 Å². The molecule has 0 bridgehead atoms. The highest BCUT2D eigenvalue weighted by atomic mass is 32.2. The quantitative estimate of drug-likeness (QED) is 0.0296. The largest absolute Gasteiger partial charge is 0.356 e. The van der Waals surface area contributed by atoms with Crippen molar-refractivity contribution in [1.82, 2.24) is 31.9 Å². The average molecular weight is 857 g/mol. The summed E-state index contributed by atoms with van der Waals surface area (Å²) < 4.78 is 0. The van der Waals surface area contributed by atoms with Crippen molar-refractivity contribution in [3.05, 3.63) is 12.2 Å². The minimum atomic E-state index is -0.929. The second-order valence-electron chi connectivity index (χ2n) is 13.2. The molecular formula is C38H64N8O10S2. The van der Waals surface area contributed by atoms with Crippen LogP contribution in [0.5, 0.6) is 0 Å². The van der Waals surface area contributed by atoms with E-state index in [1.165, 1.54) is 23.9 Å². The van der Waals surface area contributed by atoms with Crippen LogP contribution in [0, 0.1) is 0 Å². The van der Waals surface area contributed by atoms with E-state index in [-0.39, 0.29) is 103 Å². The van der Waals surface area contributed by atoms with E-state index in [2.05, 4.69) is 44.5 Å². The predicted molar refractivity (Wildman–Crippen MR) is 225 cm³/mol. The standard InChI is InChI=1S/C19H32N4O5S.C14H28N4O3S.C5H4O2/c1-2-21-18(27)12-14(19(28)22-8-7-20)23-17(26)6-4-3-5-9-29-16-11-13(24)10-15(16)25;1-2-16-13(20)10-11(14(21)17-8-7-15)18-12(19)6-4-3-5-9-22;6-4-1-2-5(7)3-4/h14,16H,2-12,20H2,1H3,(H,21,27)(H,22,28)(H,23,26);11,22H,2-10,15H2,1H3,(H,16,20)(H,17,21)(H,18,19);1-2H,3H2/t14-,16?;11-;/m00./s1. The molecule has 10 N–H and O–H groups in total. The maximum absolute atomic E-state index is 12.2. The molecule has 58 heavy (non-hydrogen) atoms. The lowest BCUT2D eigenvalue weighted by Crippen LogP contribution is -2.49. The van der Waals surface area contributed by atoms with Gasteiger partial charge in [0.1, 0.15) is 17.9 Å². The number of nitrogens with two attached hydrogens (primary N) is 2. The van der Waals surface area contributed by atoms with Gasteiger partial charge in [0.25, 0.3) is 0 Å². The molecule has 18 nitrogen and oxygen atoms in total. The summed E-state index contributed by atoms with van der Waals surface area (Å²) in [5.41, 5.74) is 10.7. The Kier molecular flexibility index (Phi) is 31.4.